The Hall–Kier alpha value is -2.60. The predicted molar refractivity (Wildman–Crippen MR) is 105 cm³/mol. The number of nitrogens with zero attached hydrogens (tertiary/aromatic N) is 3. The summed E-state index contributed by atoms with van der Waals surface area (Å²) in [5.74, 6) is 0.722. The average Bonchev–Trinajstić information content (AvgIpc) is 3.15. The van der Waals surface area contributed by atoms with Crippen molar-refractivity contribution >= 4 is 16.9 Å². The summed E-state index contributed by atoms with van der Waals surface area (Å²) in [5.41, 5.74) is 8.43. The Morgan fingerprint density at radius 2 is 2.04 bits per heavy atom. The second kappa shape index (κ2) is 6.29. The Bertz CT molecular complexity index is 984. The summed E-state index contributed by atoms with van der Waals surface area (Å²) in [6.45, 7) is 1.95. The summed E-state index contributed by atoms with van der Waals surface area (Å²) < 4.78 is 3.64. The normalized spacial score (nSPS) is 23.4. The van der Waals surface area contributed by atoms with Gasteiger partial charge in [0.2, 0.25) is 0 Å². The second-order valence-corrected chi connectivity index (χ2v) is 7.51. The number of rotatable bonds is 3. The molecule has 2 heterocycles. The SMILES string of the molecule is Cn1c(=O)n(C2CCCC2)c2cc(NC3=CC=CC(C)(N)C=C3)ncc21. The van der Waals surface area contributed by atoms with E-state index in [2.05, 4.69) is 10.3 Å². The first-order valence-corrected chi connectivity index (χ1v) is 9.16. The summed E-state index contributed by atoms with van der Waals surface area (Å²) in [6.07, 6.45) is 16.0. The van der Waals surface area contributed by atoms with Crippen molar-refractivity contribution in [3.63, 3.8) is 0 Å². The van der Waals surface area contributed by atoms with Gasteiger partial charge in [-0.1, -0.05) is 31.1 Å². The number of allylic oxidation sites excluding steroid dienone is 3. The van der Waals surface area contributed by atoms with Gasteiger partial charge in [-0.2, -0.15) is 0 Å². The number of nitrogens with two attached hydrogens (primary N) is 1. The van der Waals surface area contributed by atoms with Crippen LogP contribution in [0.3, 0.4) is 0 Å². The summed E-state index contributed by atoms with van der Waals surface area (Å²) in [5, 5.41) is 3.33. The third kappa shape index (κ3) is 3.01. The molecule has 0 amide bonds. The largest absolute Gasteiger partial charge is 0.340 e. The third-order valence-corrected chi connectivity index (χ3v) is 5.29. The van der Waals surface area contributed by atoms with Gasteiger partial charge in [-0.3, -0.25) is 9.13 Å². The minimum Gasteiger partial charge on any atom is -0.340 e. The molecule has 0 spiro atoms. The van der Waals surface area contributed by atoms with Crippen molar-refractivity contribution in [3.8, 4) is 0 Å². The molecule has 6 heteroatoms. The van der Waals surface area contributed by atoms with Crippen LogP contribution in [0.2, 0.25) is 0 Å². The van der Waals surface area contributed by atoms with Crippen molar-refractivity contribution in [1.29, 1.82) is 0 Å². The fourth-order valence-electron chi connectivity index (χ4n) is 3.81. The van der Waals surface area contributed by atoms with Crippen LogP contribution in [-0.2, 0) is 7.05 Å². The quantitative estimate of drug-likeness (QED) is 0.891. The lowest BCUT2D eigenvalue weighted by molar-refractivity contribution is 0.509. The number of imidazole rings is 1. The van der Waals surface area contributed by atoms with Gasteiger partial charge in [-0.25, -0.2) is 9.78 Å². The van der Waals surface area contributed by atoms with E-state index in [1.54, 1.807) is 10.8 Å². The van der Waals surface area contributed by atoms with E-state index in [4.69, 9.17) is 5.73 Å². The van der Waals surface area contributed by atoms with Gasteiger partial charge in [0.15, 0.2) is 0 Å². The fourth-order valence-corrected chi connectivity index (χ4v) is 3.81. The molecule has 0 radical (unpaired) electrons. The van der Waals surface area contributed by atoms with Crippen LogP contribution in [0.5, 0.6) is 0 Å². The minimum absolute atomic E-state index is 0.0428. The molecule has 0 aromatic carbocycles. The van der Waals surface area contributed by atoms with Crippen LogP contribution in [-0.4, -0.2) is 19.7 Å². The fraction of sp³-hybridized carbons (Fsp3) is 0.400. The highest BCUT2D eigenvalue weighted by Crippen LogP contribution is 2.31. The summed E-state index contributed by atoms with van der Waals surface area (Å²) in [7, 11) is 1.81. The lowest BCUT2D eigenvalue weighted by atomic mass is 10.0. The van der Waals surface area contributed by atoms with Gasteiger partial charge in [0.25, 0.3) is 0 Å². The third-order valence-electron chi connectivity index (χ3n) is 5.29. The van der Waals surface area contributed by atoms with Crippen molar-refractivity contribution < 1.29 is 0 Å². The molecule has 2 aromatic rings. The number of anilines is 1. The van der Waals surface area contributed by atoms with Crippen LogP contribution >= 0.6 is 0 Å². The first-order chi connectivity index (χ1) is 12.4. The lowest BCUT2D eigenvalue weighted by Gasteiger charge is -2.13. The molecule has 1 fully saturated rings. The van der Waals surface area contributed by atoms with Crippen molar-refractivity contribution in [3.05, 3.63) is 58.8 Å². The van der Waals surface area contributed by atoms with E-state index in [0.717, 1.165) is 35.4 Å². The highest BCUT2D eigenvalue weighted by Gasteiger charge is 2.23. The topological polar surface area (TPSA) is 77.9 Å². The molecule has 26 heavy (non-hydrogen) atoms. The molecule has 2 aliphatic carbocycles. The van der Waals surface area contributed by atoms with Gasteiger partial charge < -0.3 is 11.1 Å². The maximum Gasteiger partial charge on any atom is 0.329 e. The number of pyridine rings is 1. The van der Waals surface area contributed by atoms with Crippen molar-refractivity contribution in [1.82, 2.24) is 14.1 Å². The van der Waals surface area contributed by atoms with Gasteiger partial charge in [0, 0.05) is 24.9 Å². The van der Waals surface area contributed by atoms with E-state index in [1.807, 2.05) is 55.0 Å². The Labute approximate surface area is 152 Å². The van der Waals surface area contributed by atoms with Crippen molar-refractivity contribution in [2.75, 3.05) is 5.32 Å². The molecule has 1 unspecified atom stereocenters. The molecule has 6 nitrogen and oxygen atoms in total. The highest BCUT2D eigenvalue weighted by atomic mass is 16.1. The predicted octanol–water partition coefficient (Wildman–Crippen LogP) is 2.99. The van der Waals surface area contributed by atoms with Crippen molar-refractivity contribution in [2.45, 2.75) is 44.2 Å². The van der Waals surface area contributed by atoms with E-state index in [0.29, 0.717) is 6.04 Å². The van der Waals surface area contributed by atoms with E-state index in [-0.39, 0.29) is 5.69 Å². The van der Waals surface area contributed by atoms with Gasteiger partial charge >= 0.3 is 5.69 Å². The van der Waals surface area contributed by atoms with E-state index < -0.39 is 5.54 Å². The van der Waals surface area contributed by atoms with E-state index in [1.165, 1.54) is 12.8 Å². The standard InChI is InChI=1S/C20H25N5O/c1-20(21)10-5-6-14(9-11-20)23-18-12-16-17(13-22-18)24(2)19(26)25(16)15-7-3-4-8-15/h5-6,9-13,15H,3-4,7-8,21H2,1-2H3,(H,22,23). The number of aromatic nitrogens is 3. The average molecular weight is 351 g/mol. The molecule has 0 bridgehead atoms. The number of aryl methyl sites for hydroxylation is 1. The first-order valence-electron chi connectivity index (χ1n) is 9.16. The zero-order valence-electron chi connectivity index (χ0n) is 15.3. The zero-order chi connectivity index (χ0) is 18.3. The molecular weight excluding hydrogens is 326 g/mol. The monoisotopic (exact) mass is 351 g/mol. The van der Waals surface area contributed by atoms with Crippen LogP contribution in [0, 0.1) is 0 Å². The molecule has 1 atom stereocenters. The Morgan fingerprint density at radius 3 is 2.81 bits per heavy atom. The molecular formula is C20H25N5O. The zero-order valence-corrected chi connectivity index (χ0v) is 15.3. The Balaban J connectivity index is 1.72. The molecule has 0 aliphatic heterocycles. The van der Waals surface area contributed by atoms with Gasteiger partial charge in [0.05, 0.1) is 22.8 Å². The molecule has 1 saturated carbocycles. The van der Waals surface area contributed by atoms with Crippen LogP contribution in [0.25, 0.3) is 11.0 Å². The second-order valence-electron chi connectivity index (χ2n) is 7.51. The highest BCUT2D eigenvalue weighted by molar-refractivity contribution is 5.78. The summed E-state index contributed by atoms with van der Waals surface area (Å²) in [4.78, 5) is 17.2. The molecule has 2 aliphatic rings. The van der Waals surface area contributed by atoms with Crippen molar-refractivity contribution in [2.24, 2.45) is 12.8 Å². The van der Waals surface area contributed by atoms with Crippen LogP contribution < -0.4 is 16.7 Å². The molecule has 4 rings (SSSR count). The minimum atomic E-state index is -0.459. The smallest absolute Gasteiger partial charge is 0.329 e. The molecule has 3 N–H and O–H groups in total. The molecule has 136 valence electrons. The first kappa shape index (κ1) is 16.8. The Kier molecular flexibility index (Phi) is 4.07. The number of hydrogen-bond donors (Lipinski definition) is 2. The maximum atomic E-state index is 12.7. The Morgan fingerprint density at radius 1 is 1.27 bits per heavy atom. The number of fused-ring (bicyclic) bond motifs is 1. The summed E-state index contributed by atoms with van der Waals surface area (Å²) >= 11 is 0. The van der Waals surface area contributed by atoms with Gasteiger partial charge in [-0.05, 0) is 31.9 Å². The lowest BCUT2D eigenvalue weighted by Crippen LogP contribution is -2.30. The van der Waals surface area contributed by atoms with E-state index in [9.17, 15) is 4.79 Å². The maximum absolute atomic E-state index is 12.7. The van der Waals surface area contributed by atoms with Gasteiger partial charge in [0.1, 0.15) is 5.82 Å². The van der Waals surface area contributed by atoms with Gasteiger partial charge in [-0.15, -0.1) is 0 Å². The van der Waals surface area contributed by atoms with Crippen LogP contribution in [0.1, 0.15) is 38.6 Å². The number of nitrogens with one attached hydrogen (secondary N) is 1. The van der Waals surface area contributed by atoms with Crippen LogP contribution in [0.4, 0.5) is 5.82 Å². The molecule has 2 aromatic heterocycles. The van der Waals surface area contributed by atoms with E-state index >= 15 is 0 Å². The number of hydrogen-bond acceptors (Lipinski definition) is 4. The summed E-state index contributed by atoms with van der Waals surface area (Å²) in [6, 6.07) is 2.26. The molecule has 0 saturated heterocycles. The van der Waals surface area contributed by atoms with Crippen LogP contribution in [0.15, 0.2) is 53.1 Å².